The summed E-state index contributed by atoms with van der Waals surface area (Å²) in [6.07, 6.45) is 0. The van der Waals surface area contributed by atoms with Gasteiger partial charge in [-0.15, -0.1) is 11.3 Å². The van der Waals surface area contributed by atoms with Crippen molar-refractivity contribution in [3.8, 4) is 0 Å². The van der Waals surface area contributed by atoms with E-state index < -0.39 is 0 Å². The van der Waals surface area contributed by atoms with Crippen molar-refractivity contribution in [2.24, 2.45) is 0 Å². The predicted octanol–water partition coefficient (Wildman–Crippen LogP) is 2.91. The molecule has 0 unspecified atom stereocenters. The number of halogens is 1. The molecule has 0 saturated carbocycles. The van der Waals surface area contributed by atoms with Crippen LogP contribution in [0.1, 0.15) is 15.2 Å². The summed E-state index contributed by atoms with van der Waals surface area (Å²) < 4.78 is 0. The van der Waals surface area contributed by atoms with Crippen LogP contribution >= 0.6 is 22.9 Å². The van der Waals surface area contributed by atoms with Crippen LogP contribution in [-0.4, -0.2) is 5.91 Å². The number of rotatable bonds is 3. The highest BCUT2D eigenvalue weighted by Gasteiger charge is 2.07. The van der Waals surface area contributed by atoms with Crippen LogP contribution in [0.3, 0.4) is 0 Å². The van der Waals surface area contributed by atoms with Crippen LogP contribution in [0, 0.1) is 0 Å². The summed E-state index contributed by atoms with van der Waals surface area (Å²) >= 11 is 7.39. The fraction of sp³-hybridized carbons (Fsp3) is 0.0833. The highest BCUT2D eigenvalue weighted by Crippen LogP contribution is 2.19. The molecule has 88 valence electrons. The molecule has 1 amide bonds. The minimum absolute atomic E-state index is 0.151. The second kappa shape index (κ2) is 5.21. The first-order valence-electron chi connectivity index (χ1n) is 5.02. The first-order chi connectivity index (χ1) is 8.16. The predicted molar refractivity (Wildman–Crippen MR) is 71.4 cm³/mol. The van der Waals surface area contributed by atoms with Gasteiger partial charge >= 0.3 is 0 Å². The van der Waals surface area contributed by atoms with Crippen molar-refractivity contribution >= 4 is 34.5 Å². The van der Waals surface area contributed by atoms with E-state index in [9.17, 15) is 4.79 Å². The van der Waals surface area contributed by atoms with Gasteiger partial charge in [0.25, 0.3) is 5.91 Å². The van der Waals surface area contributed by atoms with Crippen LogP contribution in [-0.2, 0) is 6.54 Å². The van der Waals surface area contributed by atoms with Crippen molar-refractivity contribution in [3.63, 3.8) is 0 Å². The van der Waals surface area contributed by atoms with Gasteiger partial charge in [0.1, 0.15) is 0 Å². The molecule has 0 radical (unpaired) electrons. The van der Waals surface area contributed by atoms with Crippen molar-refractivity contribution in [2.75, 3.05) is 5.73 Å². The van der Waals surface area contributed by atoms with E-state index in [0.717, 1.165) is 4.88 Å². The van der Waals surface area contributed by atoms with E-state index in [0.29, 0.717) is 22.8 Å². The summed E-state index contributed by atoms with van der Waals surface area (Å²) in [6.45, 7) is 0.527. The first-order valence-corrected chi connectivity index (χ1v) is 6.28. The topological polar surface area (TPSA) is 55.1 Å². The molecule has 1 heterocycles. The molecule has 0 aliphatic rings. The number of hydrogen-bond acceptors (Lipinski definition) is 3. The summed E-state index contributed by atoms with van der Waals surface area (Å²) in [5, 5.41) is 5.25. The molecular weight excluding hydrogens is 256 g/mol. The Bertz CT molecular complexity index is 525. The number of carbonyl (C=O) groups excluding carboxylic acids is 1. The lowest BCUT2D eigenvalue weighted by Gasteiger charge is -2.05. The van der Waals surface area contributed by atoms with Crippen LogP contribution in [0.5, 0.6) is 0 Å². The van der Waals surface area contributed by atoms with Crippen LogP contribution in [0.15, 0.2) is 35.7 Å². The van der Waals surface area contributed by atoms with Crippen molar-refractivity contribution in [2.45, 2.75) is 6.54 Å². The number of anilines is 1. The number of carbonyl (C=O) groups is 1. The lowest BCUT2D eigenvalue weighted by molar-refractivity contribution is 0.0951. The molecule has 2 rings (SSSR count). The van der Waals surface area contributed by atoms with E-state index in [1.54, 1.807) is 29.5 Å². The van der Waals surface area contributed by atoms with E-state index in [1.807, 2.05) is 17.5 Å². The lowest BCUT2D eigenvalue weighted by Crippen LogP contribution is -2.22. The van der Waals surface area contributed by atoms with Gasteiger partial charge in [0.15, 0.2) is 0 Å². The van der Waals surface area contributed by atoms with Gasteiger partial charge in [-0.25, -0.2) is 0 Å². The Kier molecular flexibility index (Phi) is 3.66. The number of nitrogens with one attached hydrogen (secondary N) is 1. The van der Waals surface area contributed by atoms with Crippen molar-refractivity contribution in [3.05, 3.63) is 51.2 Å². The molecule has 1 aromatic carbocycles. The Hall–Kier alpha value is -1.52. The standard InChI is InChI=1S/C12H11ClN2OS/c13-10-4-3-8(6-11(10)14)12(16)15-7-9-2-1-5-17-9/h1-6H,7,14H2,(H,15,16). The summed E-state index contributed by atoms with van der Waals surface area (Å²) in [5.41, 5.74) is 6.57. The van der Waals surface area contributed by atoms with E-state index >= 15 is 0 Å². The van der Waals surface area contributed by atoms with Gasteiger partial charge < -0.3 is 11.1 Å². The highest BCUT2D eigenvalue weighted by atomic mass is 35.5. The van der Waals surface area contributed by atoms with Crippen molar-refractivity contribution < 1.29 is 4.79 Å². The second-order valence-corrected chi connectivity index (χ2v) is 4.94. The minimum Gasteiger partial charge on any atom is -0.398 e. The van der Waals surface area contributed by atoms with E-state index in [2.05, 4.69) is 5.32 Å². The molecule has 1 aromatic heterocycles. The number of benzene rings is 1. The molecule has 0 bridgehead atoms. The number of thiophene rings is 1. The van der Waals surface area contributed by atoms with Crippen LogP contribution in [0.25, 0.3) is 0 Å². The summed E-state index contributed by atoms with van der Waals surface area (Å²) in [4.78, 5) is 12.9. The molecule has 0 spiro atoms. The van der Waals surface area contributed by atoms with Gasteiger partial charge in [0.05, 0.1) is 17.3 Å². The molecule has 3 nitrogen and oxygen atoms in total. The molecule has 5 heteroatoms. The van der Waals surface area contributed by atoms with E-state index in [1.165, 1.54) is 0 Å². The molecule has 0 aliphatic heterocycles. The summed E-state index contributed by atoms with van der Waals surface area (Å²) in [7, 11) is 0. The quantitative estimate of drug-likeness (QED) is 0.840. The van der Waals surface area contributed by atoms with Crippen LogP contribution in [0.4, 0.5) is 5.69 Å². The Morgan fingerprint density at radius 1 is 1.41 bits per heavy atom. The van der Waals surface area contributed by atoms with E-state index in [4.69, 9.17) is 17.3 Å². The Morgan fingerprint density at radius 2 is 2.24 bits per heavy atom. The molecule has 0 atom stereocenters. The maximum Gasteiger partial charge on any atom is 0.251 e. The zero-order valence-electron chi connectivity index (χ0n) is 8.94. The molecule has 0 aliphatic carbocycles. The Morgan fingerprint density at radius 3 is 2.88 bits per heavy atom. The molecule has 2 aromatic rings. The Balaban J connectivity index is 2.02. The van der Waals surface area contributed by atoms with Gasteiger partial charge in [-0.05, 0) is 29.6 Å². The van der Waals surface area contributed by atoms with Gasteiger partial charge in [-0.2, -0.15) is 0 Å². The van der Waals surface area contributed by atoms with Gasteiger partial charge in [0.2, 0.25) is 0 Å². The number of nitrogen functional groups attached to an aromatic ring is 1. The number of amides is 1. The molecule has 3 N–H and O–H groups in total. The zero-order valence-corrected chi connectivity index (χ0v) is 10.5. The van der Waals surface area contributed by atoms with Gasteiger partial charge in [-0.3, -0.25) is 4.79 Å². The SMILES string of the molecule is Nc1cc(C(=O)NCc2cccs2)ccc1Cl. The summed E-state index contributed by atoms with van der Waals surface area (Å²) in [6, 6.07) is 8.78. The fourth-order valence-corrected chi connectivity index (χ4v) is 2.13. The minimum atomic E-state index is -0.151. The fourth-order valence-electron chi connectivity index (χ4n) is 1.37. The summed E-state index contributed by atoms with van der Waals surface area (Å²) in [5.74, 6) is -0.151. The highest BCUT2D eigenvalue weighted by molar-refractivity contribution is 7.09. The average molecular weight is 267 g/mol. The monoisotopic (exact) mass is 266 g/mol. The van der Waals surface area contributed by atoms with Crippen molar-refractivity contribution in [1.29, 1.82) is 0 Å². The molecule has 0 fully saturated rings. The lowest BCUT2D eigenvalue weighted by atomic mass is 10.2. The largest absolute Gasteiger partial charge is 0.398 e. The normalized spacial score (nSPS) is 10.2. The van der Waals surface area contributed by atoms with Gasteiger partial charge in [0, 0.05) is 10.4 Å². The van der Waals surface area contributed by atoms with E-state index in [-0.39, 0.29) is 5.91 Å². The second-order valence-electron chi connectivity index (χ2n) is 3.50. The molecule has 17 heavy (non-hydrogen) atoms. The van der Waals surface area contributed by atoms with Crippen LogP contribution < -0.4 is 11.1 Å². The third-order valence-electron chi connectivity index (χ3n) is 2.26. The Labute approximate surface area is 108 Å². The third kappa shape index (κ3) is 2.99. The van der Waals surface area contributed by atoms with Crippen molar-refractivity contribution in [1.82, 2.24) is 5.32 Å². The average Bonchev–Trinajstić information content (AvgIpc) is 2.82. The first kappa shape index (κ1) is 12.0. The maximum atomic E-state index is 11.8. The number of hydrogen-bond donors (Lipinski definition) is 2. The zero-order chi connectivity index (χ0) is 12.3. The maximum absolute atomic E-state index is 11.8. The number of nitrogens with two attached hydrogens (primary N) is 1. The molecular formula is C12H11ClN2OS. The van der Waals surface area contributed by atoms with Crippen LogP contribution in [0.2, 0.25) is 5.02 Å². The van der Waals surface area contributed by atoms with Gasteiger partial charge in [-0.1, -0.05) is 17.7 Å². The molecule has 0 saturated heterocycles. The third-order valence-corrected chi connectivity index (χ3v) is 3.48. The smallest absolute Gasteiger partial charge is 0.251 e.